The Labute approximate surface area is 103 Å². The maximum absolute atomic E-state index is 5.47. The highest BCUT2D eigenvalue weighted by Gasteiger charge is 2.01. The van der Waals surface area contributed by atoms with Gasteiger partial charge in [-0.2, -0.15) is 0 Å². The first-order valence-corrected chi connectivity index (χ1v) is 5.82. The molecule has 0 aliphatic heterocycles. The summed E-state index contributed by atoms with van der Waals surface area (Å²) < 4.78 is 6.43. The van der Waals surface area contributed by atoms with Gasteiger partial charge in [-0.05, 0) is 46.7 Å². The number of halogens is 2. The minimum atomic E-state index is 0.480. The number of ether oxygens (including phenoxy) is 1. The molecule has 0 saturated carbocycles. The van der Waals surface area contributed by atoms with Gasteiger partial charge in [0.2, 0.25) is 0 Å². The van der Waals surface area contributed by atoms with Crippen molar-refractivity contribution >= 4 is 27.5 Å². The predicted octanol–water partition coefficient (Wildman–Crippen LogP) is 3.30. The fourth-order valence-electron chi connectivity index (χ4n) is 1.15. The van der Waals surface area contributed by atoms with Crippen molar-refractivity contribution in [1.29, 1.82) is 0 Å². The Hall–Kier alpha value is -0.510. The molecule has 0 spiro atoms. The summed E-state index contributed by atoms with van der Waals surface area (Å²) in [5.41, 5.74) is 2.66. The van der Waals surface area contributed by atoms with Crippen LogP contribution >= 0.6 is 27.5 Å². The minimum Gasteiger partial charge on any atom is -0.488 e. The van der Waals surface area contributed by atoms with Crippen molar-refractivity contribution in [2.75, 3.05) is 13.7 Å². The van der Waals surface area contributed by atoms with Gasteiger partial charge >= 0.3 is 0 Å². The first-order chi connectivity index (χ1) is 7.27. The van der Waals surface area contributed by atoms with Crippen LogP contribution in [0.15, 0.2) is 34.3 Å². The van der Waals surface area contributed by atoms with E-state index in [4.69, 9.17) is 16.3 Å². The van der Waals surface area contributed by atoms with Crippen LogP contribution in [0, 0.1) is 0 Å². The Bertz CT molecular complexity index is 341. The molecule has 0 radical (unpaired) electrons. The molecule has 0 heterocycles. The van der Waals surface area contributed by atoms with Crippen LogP contribution in [0.2, 0.25) is 0 Å². The highest BCUT2D eigenvalue weighted by Crippen LogP contribution is 2.25. The van der Waals surface area contributed by atoms with Gasteiger partial charge in [-0.15, -0.1) is 0 Å². The Morgan fingerprint density at radius 1 is 1.53 bits per heavy atom. The quantitative estimate of drug-likeness (QED) is 0.898. The van der Waals surface area contributed by atoms with E-state index in [1.807, 2.05) is 25.2 Å². The molecule has 15 heavy (non-hydrogen) atoms. The van der Waals surface area contributed by atoms with Crippen LogP contribution in [0.5, 0.6) is 5.75 Å². The smallest absolute Gasteiger partial charge is 0.133 e. The van der Waals surface area contributed by atoms with E-state index >= 15 is 0 Å². The Kier molecular flexibility index (Phi) is 5.76. The maximum Gasteiger partial charge on any atom is 0.133 e. The summed E-state index contributed by atoms with van der Waals surface area (Å²) in [6, 6.07) is 6.01. The van der Waals surface area contributed by atoms with Crippen LogP contribution in [0.25, 0.3) is 0 Å². The zero-order valence-electron chi connectivity index (χ0n) is 8.47. The van der Waals surface area contributed by atoms with Crippen molar-refractivity contribution in [2.45, 2.75) is 6.54 Å². The van der Waals surface area contributed by atoms with Crippen molar-refractivity contribution in [1.82, 2.24) is 5.32 Å². The van der Waals surface area contributed by atoms with Crippen LogP contribution in [0.1, 0.15) is 5.56 Å². The number of nitrogens with one attached hydrogen (secondary N) is 1. The second kappa shape index (κ2) is 6.88. The SMILES string of the molecule is CNCc1ccc(OCC=CCl)c(Br)c1. The van der Waals surface area contributed by atoms with Crippen molar-refractivity contribution in [3.63, 3.8) is 0 Å². The Morgan fingerprint density at radius 2 is 2.33 bits per heavy atom. The Morgan fingerprint density at radius 3 is 2.93 bits per heavy atom. The van der Waals surface area contributed by atoms with Crippen molar-refractivity contribution in [3.8, 4) is 5.75 Å². The molecule has 0 saturated heterocycles. The first-order valence-electron chi connectivity index (χ1n) is 4.59. The van der Waals surface area contributed by atoms with Gasteiger partial charge in [0.15, 0.2) is 0 Å². The molecule has 1 rings (SSSR count). The van der Waals surface area contributed by atoms with Gasteiger partial charge in [-0.3, -0.25) is 0 Å². The molecule has 1 N–H and O–H groups in total. The number of hydrogen-bond donors (Lipinski definition) is 1. The van der Waals surface area contributed by atoms with E-state index in [0.717, 1.165) is 16.8 Å². The third-order valence-electron chi connectivity index (χ3n) is 1.80. The molecule has 1 aromatic rings. The molecular formula is C11H13BrClNO. The third-order valence-corrected chi connectivity index (χ3v) is 2.60. The molecule has 0 aliphatic rings. The molecule has 0 aromatic heterocycles. The molecular weight excluding hydrogens is 277 g/mol. The van der Waals surface area contributed by atoms with Gasteiger partial charge in [0.1, 0.15) is 12.4 Å². The highest BCUT2D eigenvalue weighted by molar-refractivity contribution is 9.10. The summed E-state index contributed by atoms with van der Waals surface area (Å²) in [5.74, 6) is 0.824. The number of hydrogen-bond acceptors (Lipinski definition) is 2. The number of rotatable bonds is 5. The average Bonchev–Trinajstić information content (AvgIpc) is 2.22. The van der Waals surface area contributed by atoms with Crippen LogP contribution in [0.3, 0.4) is 0 Å². The van der Waals surface area contributed by atoms with E-state index < -0.39 is 0 Å². The van der Waals surface area contributed by atoms with Crippen LogP contribution in [-0.4, -0.2) is 13.7 Å². The molecule has 0 fully saturated rings. The third kappa shape index (κ3) is 4.24. The lowest BCUT2D eigenvalue weighted by Gasteiger charge is -2.07. The van der Waals surface area contributed by atoms with Gasteiger partial charge in [0, 0.05) is 12.1 Å². The second-order valence-corrected chi connectivity index (χ2v) is 4.07. The van der Waals surface area contributed by atoms with Crippen molar-refractivity contribution in [3.05, 3.63) is 39.8 Å². The molecule has 82 valence electrons. The standard InChI is InChI=1S/C11H13BrClNO/c1-14-8-9-3-4-11(10(12)7-9)15-6-2-5-13/h2-5,7,14H,6,8H2,1H3. The van der Waals surface area contributed by atoms with Crippen LogP contribution in [-0.2, 0) is 6.54 Å². The number of benzene rings is 1. The van der Waals surface area contributed by atoms with Gasteiger partial charge in [-0.25, -0.2) is 0 Å². The van der Waals surface area contributed by atoms with E-state index in [-0.39, 0.29) is 0 Å². The first kappa shape index (κ1) is 12.6. The van der Waals surface area contributed by atoms with Crippen molar-refractivity contribution in [2.24, 2.45) is 0 Å². The lowest BCUT2D eigenvalue weighted by Crippen LogP contribution is -2.05. The van der Waals surface area contributed by atoms with E-state index in [9.17, 15) is 0 Å². The fourth-order valence-corrected chi connectivity index (χ4v) is 1.76. The summed E-state index contributed by atoms with van der Waals surface area (Å²) in [7, 11) is 1.92. The van der Waals surface area contributed by atoms with Crippen LogP contribution in [0.4, 0.5) is 0 Å². The van der Waals surface area contributed by atoms with E-state index in [1.54, 1.807) is 6.08 Å². The molecule has 0 amide bonds. The summed E-state index contributed by atoms with van der Waals surface area (Å²) in [5, 5.41) is 3.09. The highest BCUT2D eigenvalue weighted by atomic mass is 79.9. The molecule has 0 bridgehead atoms. The molecule has 0 unspecified atom stereocenters. The van der Waals surface area contributed by atoms with Gasteiger partial charge < -0.3 is 10.1 Å². The topological polar surface area (TPSA) is 21.3 Å². The van der Waals surface area contributed by atoms with Gasteiger partial charge in [0.05, 0.1) is 4.47 Å². The fraction of sp³-hybridized carbons (Fsp3) is 0.273. The molecule has 0 atom stereocenters. The van der Waals surface area contributed by atoms with Crippen LogP contribution < -0.4 is 10.1 Å². The molecule has 4 heteroatoms. The van der Waals surface area contributed by atoms with E-state index in [1.165, 1.54) is 11.1 Å². The summed E-state index contributed by atoms with van der Waals surface area (Å²) in [4.78, 5) is 0. The largest absolute Gasteiger partial charge is 0.488 e. The normalized spacial score (nSPS) is 10.9. The lowest BCUT2D eigenvalue weighted by molar-refractivity contribution is 0.360. The minimum absolute atomic E-state index is 0.480. The van der Waals surface area contributed by atoms with Gasteiger partial charge in [0.25, 0.3) is 0 Å². The molecule has 0 aliphatic carbocycles. The second-order valence-electron chi connectivity index (χ2n) is 2.97. The summed E-state index contributed by atoms with van der Waals surface area (Å²) in [6.45, 7) is 1.33. The van der Waals surface area contributed by atoms with Gasteiger partial charge in [-0.1, -0.05) is 17.7 Å². The maximum atomic E-state index is 5.47. The molecule has 1 aromatic carbocycles. The Balaban J connectivity index is 2.65. The van der Waals surface area contributed by atoms with E-state index in [2.05, 4.69) is 21.2 Å². The zero-order chi connectivity index (χ0) is 11.1. The average molecular weight is 291 g/mol. The predicted molar refractivity (Wildman–Crippen MR) is 67.4 cm³/mol. The molecule has 2 nitrogen and oxygen atoms in total. The summed E-state index contributed by atoms with van der Waals surface area (Å²) >= 11 is 8.85. The van der Waals surface area contributed by atoms with E-state index in [0.29, 0.717) is 6.61 Å². The zero-order valence-corrected chi connectivity index (χ0v) is 10.8. The lowest BCUT2D eigenvalue weighted by atomic mass is 10.2. The monoisotopic (exact) mass is 289 g/mol. The summed E-state index contributed by atoms with van der Waals surface area (Å²) in [6.07, 6.45) is 1.75. The van der Waals surface area contributed by atoms with Crippen molar-refractivity contribution < 1.29 is 4.74 Å².